The van der Waals surface area contributed by atoms with Crippen LogP contribution in [0.4, 0.5) is 0 Å². The summed E-state index contributed by atoms with van der Waals surface area (Å²) >= 11 is 0. The summed E-state index contributed by atoms with van der Waals surface area (Å²) in [6, 6.07) is 76.8. The third kappa shape index (κ3) is 8.44. The summed E-state index contributed by atoms with van der Waals surface area (Å²) < 4.78 is 11.7. The molecular weight excluding hydrogens is 1190 g/mol. The van der Waals surface area contributed by atoms with Crippen LogP contribution in [0, 0.1) is 18.3 Å². The summed E-state index contributed by atoms with van der Waals surface area (Å²) in [5.74, 6) is 2.00. The summed E-state index contributed by atoms with van der Waals surface area (Å²) in [6.07, 6.45) is 6.04. The fourth-order valence-electron chi connectivity index (χ4n) is 13.6. The molecular formula is C78H68N3OPt-3. The minimum Gasteiger partial charge on any atom is -0.510 e. The first kappa shape index (κ1) is 54.2. The largest absolute Gasteiger partial charge is 0.510 e. The Morgan fingerprint density at radius 2 is 1.00 bits per heavy atom. The van der Waals surface area contributed by atoms with Crippen LogP contribution >= 0.6 is 0 Å². The van der Waals surface area contributed by atoms with Crippen molar-refractivity contribution in [1.29, 1.82) is 0 Å². The van der Waals surface area contributed by atoms with Gasteiger partial charge in [-0.1, -0.05) is 256 Å². The van der Waals surface area contributed by atoms with E-state index in [1.54, 1.807) is 0 Å². The SMILES string of the molecule is CC(C)(C)c1cc2c(c(C(C)(C)C)c1)C1(c3ccc(Oc4[c-]c5c(cc4)c4ccccc4n5-c4ccccn4)[c-]c3-n3[c-]c(-c4c(-c5ccccc5)cccc4-c4ccccc4)c4cccc1c43)c1c-2cc(C(C)(C)C)cc1C(C)(C)C.[Pt]. The summed E-state index contributed by atoms with van der Waals surface area (Å²) in [4.78, 5) is 4.82. The molecule has 2 aliphatic rings. The molecule has 9 aromatic carbocycles. The Balaban J connectivity index is 0.00000645. The number of pyridine rings is 1. The van der Waals surface area contributed by atoms with Crippen molar-refractivity contribution < 1.29 is 25.8 Å². The van der Waals surface area contributed by atoms with Crippen LogP contribution in [0.2, 0.25) is 0 Å². The maximum Gasteiger partial charge on any atom is 0.135 e. The second-order valence-electron chi connectivity index (χ2n) is 26.9. The van der Waals surface area contributed by atoms with Gasteiger partial charge in [-0.15, -0.1) is 34.8 Å². The first-order valence-corrected chi connectivity index (χ1v) is 29.0. The van der Waals surface area contributed by atoms with Crippen LogP contribution in [-0.4, -0.2) is 14.1 Å². The van der Waals surface area contributed by atoms with Gasteiger partial charge in [-0.05, 0) is 124 Å². The van der Waals surface area contributed by atoms with E-state index in [1.807, 2.05) is 30.5 Å². The van der Waals surface area contributed by atoms with E-state index in [1.165, 1.54) is 50.1 Å². The summed E-state index contributed by atoms with van der Waals surface area (Å²) in [6.45, 7) is 28.6. The van der Waals surface area contributed by atoms with Crippen molar-refractivity contribution in [2.75, 3.05) is 0 Å². The second-order valence-corrected chi connectivity index (χ2v) is 26.9. The van der Waals surface area contributed by atoms with Crippen molar-refractivity contribution >= 4 is 32.7 Å². The van der Waals surface area contributed by atoms with E-state index >= 15 is 0 Å². The van der Waals surface area contributed by atoms with Gasteiger partial charge in [0.15, 0.2) is 0 Å². The minimum atomic E-state index is -0.804. The number of benzene rings is 9. The third-order valence-electron chi connectivity index (χ3n) is 17.5. The standard InChI is InChI=1S/C78H68N3O.Pt/c1-74(2,3)50-41-59-60-42-51(75(4,5)6)44-65(77(10,11)12)72(60)78(71(59)64(43-50)76(7,8)9)62-39-37-53(82-52-36-38-57-56-29-19-20-34-66(56)81(67(57)45-52)69-35-21-22-40-79-69)46-68(62)80-47-61(58-32-24-33-63(78)73(58)80)70-54(48-25-15-13-16-26-48)30-23-31-55(70)49-27-17-14-18-28-49;/h13-44H,1-12H3;/q-3;. The number of rotatable bonds is 6. The first-order valence-electron chi connectivity index (χ1n) is 29.0. The Labute approximate surface area is 504 Å². The zero-order chi connectivity index (χ0) is 56.8. The van der Waals surface area contributed by atoms with E-state index < -0.39 is 5.41 Å². The molecule has 414 valence electrons. The molecule has 0 saturated carbocycles. The molecule has 1 aliphatic carbocycles. The molecule has 83 heavy (non-hydrogen) atoms. The van der Waals surface area contributed by atoms with Crippen LogP contribution in [0.5, 0.6) is 11.5 Å². The minimum absolute atomic E-state index is 0. The fourth-order valence-corrected chi connectivity index (χ4v) is 13.6. The number of ether oxygens (including phenoxy) is 1. The van der Waals surface area contributed by atoms with Gasteiger partial charge in [-0.2, -0.15) is 18.2 Å². The van der Waals surface area contributed by atoms with Crippen LogP contribution in [0.3, 0.4) is 0 Å². The molecule has 1 spiro atoms. The molecule has 12 aromatic rings. The van der Waals surface area contributed by atoms with Crippen molar-refractivity contribution in [3.8, 4) is 67.5 Å². The monoisotopic (exact) mass is 1260 g/mol. The summed E-state index contributed by atoms with van der Waals surface area (Å²) in [5, 5.41) is 3.34. The van der Waals surface area contributed by atoms with E-state index in [2.05, 4.69) is 274 Å². The van der Waals surface area contributed by atoms with Crippen LogP contribution in [0.15, 0.2) is 194 Å². The molecule has 0 atom stereocenters. The first-order chi connectivity index (χ1) is 39.2. The van der Waals surface area contributed by atoms with E-state index in [9.17, 15) is 0 Å². The Morgan fingerprint density at radius 3 is 1.58 bits per heavy atom. The Morgan fingerprint density at radius 1 is 0.458 bits per heavy atom. The van der Waals surface area contributed by atoms with E-state index in [-0.39, 0.29) is 42.7 Å². The normalized spacial score (nSPS) is 13.5. The van der Waals surface area contributed by atoms with Gasteiger partial charge in [0.2, 0.25) is 0 Å². The number of hydrogen-bond donors (Lipinski definition) is 0. The Hall–Kier alpha value is -8.04. The maximum atomic E-state index is 7.15. The molecule has 5 heteroatoms. The van der Waals surface area contributed by atoms with Gasteiger partial charge in [0.1, 0.15) is 5.82 Å². The zero-order valence-corrected chi connectivity index (χ0v) is 51.8. The molecule has 0 unspecified atom stereocenters. The smallest absolute Gasteiger partial charge is 0.135 e. The van der Waals surface area contributed by atoms with Gasteiger partial charge in [0.05, 0.1) is 0 Å². The summed E-state index contributed by atoms with van der Waals surface area (Å²) in [7, 11) is 0. The van der Waals surface area contributed by atoms with Crippen LogP contribution in [0.25, 0.3) is 88.7 Å². The molecule has 1 aliphatic heterocycles. The molecule has 0 amide bonds. The summed E-state index contributed by atoms with van der Waals surface area (Å²) in [5.41, 5.74) is 22.3. The van der Waals surface area contributed by atoms with E-state index in [4.69, 9.17) is 9.72 Å². The van der Waals surface area contributed by atoms with Gasteiger partial charge in [-0.3, -0.25) is 0 Å². The van der Waals surface area contributed by atoms with Crippen molar-refractivity contribution in [3.63, 3.8) is 0 Å². The molecule has 4 nitrogen and oxygen atoms in total. The third-order valence-corrected chi connectivity index (χ3v) is 17.5. The topological polar surface area (TPSA) is 32.0 Å². The maximum absolute atomic E-state index is 7.15. The van der Waals surface area contributed by atoms with Crippen molar-refractivity contribution in [2.45, 2.75) is 110 Å². The number of para-hydroxylation sites is 2. The quantitative estimate of drug-likeness (QED) is 0.155. The Bertz CT molecular complexity index is 4410. The van der Waals surface area contributed by atoms with E-state index in [0.717, 1.165) is 83.2 Å². The van der Waals surface area contributed by atoms with Crippen LogP contribution in [0.1, 0.15) is 128 Å². The number of hydrogen-bond acceptors (Lipinski definition) is 2. The van der Waals surface area contributed by atoms with Crippen LogP contribution in [-0.2, 0) is 48.1 Å². The molecule has 0 fully saturated rings. The number of nitrogens with zero attached hydrogens (tertiary/aromatic N) is 3. The number of fused-ring (bicyclic) bond motifs is 12. The molecule has 0 N–H and O–H groups in total. The van der Waals surface area contributed by atoms with Gasteiger partial charge in [0, 0.05) is 49.7 Å². The van der Waals surface area contributed by atoms with E-state index in [0.29, 0.717) is 11.5 Å². The zero-order valence-electron chi connectivity index (χ0n) is 49.5. The predicted octanol–water partition coefficient (Wildman–Crippen LogP) is 20.2. The van der Waals surface area contributed by atoms with Gasteiger partial charge >= 0.3 is 0 Å². The molecule has 0 saturated heterocycles. The molecule has 3 aromatic heterocycles. The number of aromatic nitrogens is 3. The second kappa shape index (κ2) is 19.3. The molecule has 4 heterocycles. The predicted molar refractivity (Wildman–Crippen MR) is 340 cm³/mol. The van der Waals surface area contributed by atoms with Gasteiger partial charge < -0.3 is 13.9 Å². The molecule has 14 rings (SSSR count). The average molecular weight is 1260 g/mol. The van der Waals surface area contributed by atoms with Crippen molar-refractivity contribution in [1.82, 2.24) is 14.1 Å². The van der Waals surface area contributed by atoms with Crippen molar-refractivity contribution in [2.24, 2.45) is 0 Å². The fraction of sp³-hybridized carbons (Fsp3) is 0.218. The van der Waals surface area contributed by atoms with Crippen molar-refractivity contribution in [3.05, 3.63) is 257 Å². The molecule has 0 bridgehead atoms. The van der Waals surface area contributed by atoms with Crippen LogP contribution < -0.4 is 4.74 Å². The van der Waals surface area contributed by atoms with Gasteiger partial charge in [0.25, 0.3) is 0 Å². The molecule has 0 radical (unpaired) electrons. The van der Waals surface area contributed by atoms with Gasteiger partial charge in [-0.25, -0.2) is 4.98 Å². The average Bonchev–Trinajstić information content (AvgIpc) is 1.59. The Kier molecular flexibility index (Phi) is 12.6.